The number of anilines is 2. The maximum Gasteiger partial charge on any atom is 0.238 e. The van der Waals surface area contributed by atoms with Gasteiger partial charge in [0.15, 0.2) is 0 Å². The Morgan fingerprint density at radius 2 is 2.35 bits per heavy atom. The van der Waals surface area contributed by atoms with Crippen LogP contribution in [0.25, 0.3) is 0 Å². The number of amides is 1. The van der Waals surface area contributed by atoms with Gasteiger partial charge in [0.25, 0.3) is 0 Å². The molecule has 1 atom stereocenters. The molecule has 0 spiro atoms. The number of aryl methyl sites for hydroxylation is 1. The van der Waals surface area contributed by atoms with Gasteiger partial charge in [-0.2, -0.15) is 0 Å². The largest absolute Gasteiger partial charge is 0.399 e. The van der Waals surface area contributed by atoms with E-state index in [1.807, 2.05) is 26.0 Å². The Labute approximate surface area is 120 Å². The summed E-state index contributed by atoms with van der Waals surface area (Å²) >= 11 is 0. The Morgan fingerprint density at radius 1 is 1.55 bits per heavy atom. The summed E-state index contributed by atoms with van der Waals surface area (Å²) in [6, 6.07) is 5.53. The van der Waals surface area contributed by atoms with Gasteiger partial charge in [-0.3, -0.25) is 9.69 Å². The maximum atomic E-state index is 12.1. The number of benzene rings is 1. The minimum Gasteiger partial charge on any atom is -0.399 e. The molecule has 0 aromatic heterocycles. The number of nitrogen functional groups attached to an aromatic ring is 1. The molecule has 0 radical (unpaired) electrons. The van der Waals surface area contributed by atoms with Gasteiger partial charge in [-0.25, -0.2) is 0 Å². The summed E-state index contributed by atoms with van der Waals surface area (Å²) in [7, 11) is 0. The molecule has 1 saturated heterocycles. The molecule has 5 heteroatoms. The van der Waals surface area contributed by atoms with Crippen molar-refractivity contribution in [2.45, 2.75) is 26.4 Å². The van der Waals surface area contributed by atoms with Gasteiger partial charge in [0.2, 0.25) is 5.91 Å². The van der Waals surface area contributed by atoms with Gasteiger partial charge in [0, 0.05) is 31.1 Å². The molecule has 1 amide bonds. The van der Waals surface area contributed by atoms with Gasteiger partial charge in [-0.1, -0.05) is 6.07 Å². The average Bonchev–Trinajstić information content (AvgIpc) is 2.58. The lowest BCUT2D eigenvalue weighted by Gasteiger charge is -2.21. The number of nitrogens with one attached hydrogen (secondary N) is 1. The minimum atomic E-state index is -0.00667. The minimum absolute atomic E-state index is 0.00667. The van der Waals surface area contributed by atoms with Gasteiger partial charge in [-0.15, -0.1) is 0 Å². The Balaban J connectivity index is 1.93. The van der Waals surface area contributed by atoms with Crippen LogP contribution in [0.2, 0.25) is 0 Å². The highest BCUT2D eigenvalue weighted by atomic mass is 16.5. The summed E-state index contributed by atoms with van der Waals surface area (Å²) in [6.45, 7) is 6.85. The van der Waals surface area contributed by atoms with Crippen molar-refractivity contribution in [3.63, 3.8) is 0 Å². The van der Waals surface area contributed by atoms with Gasteiger partial charge in [-0.05, 0) is 38.0 Å². The Kier molecular flexibility index (Phi) is 4.98. The highest BCUT2D eigenvalue weighted by molar-refractivity contribution is 5.93. The van der Waals surface area contributed by atoms with E-state index in [9.17, 15) is 4.79 Å². The third-order valence-electron chi connectivity index (χ3n) is 3.44. The fourth-order valence-electron chi connectivity index (χ4n) is 2.39. The number of carbonyl (C=O) groups is 1. The first-order valence-electron chi connectivity index (χ1n) is 7.04. The van der Waals surface area contributed by atoms with Crippen LogP contribution < -0.4 is 11.1 Å². The molecule has 1 aliphatic heterocycles. The van der Waals surface area contributed by atoms with E-state index >= 15 is 0 Å². The number of ether oxygens (including phenoxy) is 1. The van der Waals surface area contributed by atoms with Crippen LogP contribution in [0.4, 0.5) is 11.4 Å². The molecule has 3 N–H and O–H groups in total. The molecule has 1 unspecified atom stereocenters. The maximum absolute atomic E-state index is 12.1. The van der Waals surface area contributed by atoms with Crippen LogP contribution in [0, 0.1) is 6.92 Å². The number of rotatable bonds is 3. The van der Waals surface area contributed by atoms with Gasteiger partial charge in [0.1, 0.15) is 0 Å². The molecule has 5 nitrogen and oxygen atoms in total. The first-order valence-corrected chi connectivity index (χ1v) is 7.04. The molecule has 2 rings (SSSR count). The lowest BCUT2D eigenvalue weighted by Crippen LogP contribution is -2.37. The summed E-state index contributed by atoms with van der Waals surface area (Å²) in [5.74, 6) is -0.00667. The fourth-order valence-corrected chi connectivity index (χ4v) is 2.39. The van der Waals surface area contributed by atoms with Crippen molar-refractivity contribution in [1.29, 1.82) is 0 Å². The Bertz CT molecular complexity index is 476. The first kappa shape index (κ1) is 14.8. The SMILES string of the molecule is Cc1ccc(N)cc1NC(=O)CN1CCCOC(C)C1. The number of hydrogen-bond donors (Lipinski definition) is 2. The smallest absolute Gasteiger partial charge is 0.238 e. The molecule has 1 fully saturated rings. The predicted octanol–water partition coefficient (Wildman–Crippen LogP) is 1.63. The topological polar surface area (TPSA) is 67.6 Å². The van der Waals surface area contributed by atoms with Crippen molar-refractivity contribution >= 4 is 17.3 Å². The van der Waals surface area contributed by atoms with Crippen LogP contribution in [0.3, 0.4) is 0 Å². The van der Waals surface area contributed by atoms with Crippen LogP contribution in [0.5, 0.6) is 0 Å². The highest BCUT2D eigenvalue weighted by Crippen LogP contribution is 2.18. The van der Waals surface area contributed by atoms with E-state index in [0.717, 1.165) is 37.4 Å². The van der Waals surface area contributed by atoms with Gasteiger partial charge >= 0.3 is 0 Å². The summed E-state index contributed by atoms with van der Waals surface area (Å²) in [5.41, 5.74) is 8.20. The molecular formula is C15H23N3O2. The lowest BCUT2D eigenvalue weighted by molar-refractivity contribution is -0.117. The number of nitrogens with two attached hydrogens (primary N) is 1. The van der Waals surface area contributed by atoms with Crippen molar-refractivity contribution in [3.05, 3.63) is 23.8 Å². The normalized spacial score (nSPS) is 20.4. The van der Waals surface area contributed by atoms with E-state index in [1.165, 1.54) is 0 Å². The van der Waals surface area contributed by atoms with Crippen LogP contribution >= 0.6 is 0 Å². The summed E-state index contributed by atoms with van der Waals surface area (Å²) < 4.78 is 5.58. The Hall–Kier alpha value is -1.59. The molecule has 20 heavy (non-hydrogen) atoms. The zero-order valence-corrected chi connectivity index (χ0v) is 12.2. The first-order chi connectivity index (χ1) is 9.54. The number of carbonyl (C=O) groups excluding carboxylic acids is 1. The molecule has 1 aliphatic rings. The zero-order chi connectivity index (χ0) is 14.5. The molecule has 0 saturated carbocycles. The van der Waals surface area contributed by atoms with Crippen LogP contribution in [-0.2, 0) is 9.53 Å². The quantitative estimate of drug-likeness (QED) is 0.824. The molecule has 1 aromatic carbocycles. The third kappa shape index (κ3) is 4.21. The molecule has 1 aromatic rings. The van der Waals surface area contributed by atoms with Crippen molar-refractivity contribution in [2.75, 3.05) is 37.3 Å². The molecule has 0 aliphatic carbocycles. The van der Waals surface area contributed by atoms with E-state index < -0.39 is 0 Å². The second kappa shape index (κ2) is 6.72. The van der Waals surface area contributed by atoms with E-state index in [0.29, 0.717) is 12.2 Å². The monoisotopic (exact) mass is 277 g/mol. The zero-order valence-electron chi connectivity index (χ0n) is 12.2. The van der Waals surface area contributed by atoms with Crippen molar-refractivity contribution in [1.82, 2.24) is 4.90 Å². The van der Waals surface area contributed by atoms with E-state index in [2.05, 4.69) is 10.2 Å². The predicted molar refractivity (Wildman–Crippen MR) is 80.7 cm³/mol. The van der Waals surface area contributed by atoms with Crippen molar-refractivity contribution < 1.29 is 9.53 Å². The standard InChI is InChI=1S/C15H23N3O2/c1-11-4-5-13(16)8-14(11)17-15(19)10-18-6-3-7-20-12(2)9-18/h4-5,8,12H,3,6-7,9-10,16H2,1-2H3,(H,17,19). The molecule has 110 valence electrons. The summed E-state index contributed by atoms with van der Waals surface area (Å²) in [5, 5.41) is 2.93. The van der Waals surface area contributed by atoms with Gasteiger partial charge in [0.05, 0.1) is 12.6 Å². The van der Waals surface area contributed by atoms with Crippen molar-refractivity contribution in [3.8, 4) is 0 Å². The fraction of sp³-hybridized carbons (Fsp3) is 0.533. The third-order valence-corrected chi connectivity index (χ3v) is 3.44. The van der Waals surface area contributed by atoms with E-state index in [-0.39, 0.29) is 12.0 Å². The lowest BCUT2D eigenvalue weighted by atomic mass is 10.2. The summed E-state index contributed by atoms with van der Waals surface area (Å²) in [6.07, 6.45) is 1.15. The van der Waals surface area contributed by atoms with Gasteiger partial charge < -0.3 is 15.8 Å². The van der Waals surface area contributed by atoms with Crippen LogP contribution in [0.1, 0.15) is 18.9 Å². The summed E-state index contributed by atoms with van der Waals surface area (Å²) in [4.78, 5) is 14.3. The van der Waals surface area contributed by atoms with Crippen LogP contribution in [-0.4, -0.2) is 43.2 Å². The average molecular weight is 277 g/mol. The Morgan fingerprint density at radius 3 is 3.15 bits per heavy atom. The molecule has 1 heterocycles. The van der Waals surface area contributed by atoms with Crippen LogP contribution in [0.15, 0.2) is 18.2 Å². The van der Waals surface area contributed by atoms with Crippen molar-refractivity contribution in [2.24, 2.45) is 0 Å². The highest BCUT2D eigenvalue weighted by Gasteiger charge is 2.17. The van der Waals surface area contributed by atoms with E-state index in [1.54, 1.807) is 6.07 Å². The van der Waals surface area contributed by atoms with E-state index in [4.69, 9.17) is 10.5 Å². The molecule has 0 bridgehead atoms. The number of hydrogen-bond acceptors (Lipinski definition) is 4. The second-order valence-electron chi connectivity index (χ2n) is 5.39. The number of nitrogens with zero attached hydrogens (tertiary/aromatic N) is 1. The second-order valence-corrected chi connectivity index (χ2v) is 5.39. The molecular weight excluding hydrogens is 254 g/mol.